The molecular formula is C29H27FN2O4S. The number of amides is 1. The number of methoxy groups -OCH3 is 2. The molecule has 1 aliphatic carbocycles. The van der Waals surface area contributed by atoms with E-state index in [9.17, 15) is 14.0 Å². The summed E-state index contributed by atoms with van der Waals surface area (Å²) in [6.45, 7) is 1.84. The van der Waals surface area contributed by atoms with Crippen molar-refractivity contribution in [3.63, 3.8) is 0 Å². The van der Waals surface area contributed by atoms with Gasteiger partial charge in [0.25, 0.3) is 5.91 Å². The van der Waals surface area contributed by atoms with Gasteiger partial charge in [-0.25, -0.2) is 4.39 Å². The van der Waals surface area contributed by atoms with Crippen LogP contribution in [0.3, 0.4) is 0 Å². The lowest BCUT2D eigenvalue weighted by atomic mass is 9.72. The molecule has 0 saturated carbocycles. The summed E-state index contributed by atoms with van der Waals surface area (Å²) in [4.78, 5) is 28.7. The number of dihydropyridines is 1. The van der Waals surface area contributed by atoms with Crippen molar-refractivity contribution in [3.05, 3.63) is 98.8 Å². The van der Waals surface area contributed by atoms with Crippen molar-refractivity contribution >= 4 is 28.7 Å². The minimum atomic E-state index is -0.668. The number of benzene rings is 2. The van der Waals surface area contributed by atoms with Crippen molar-refractivity contribution < 1.29 is 23.5 Å². The molecule has 3 aromatic rings. The monoisotopic (exact) mass is 518 g/mol. The first-order valence-corrected chi connectivity index (χ1v) is 12.8. The Morgan fingerprint density at radius 3 is 2.54 bits per heavy atom. The normalized spacial score (nSPS) is 19.3. The quantitative estimate of drug-likeness (QED) is 0.425. The number of ketones is 1. The number of anilines is 1. The Hall–Kier alpha value is -3.91. The fourth-order valence-corrected chi connectivity index (χ4v) is 6.00. The van der Waals surface area contributed by atoms with Crippen LogP contribution in [-0.2, 0) is 9.59 Å². The fraction of sp³-hybridized carbons (Fsp3) is 0.241. The van der Waals surface area contributed by atoms with E-state index in [1.54, 1.807) is 37.7 Å². The van der Waals surface area contributed by atoms with Gasteiger partial charge in [-0.05, 0) is 67.3 Å². The average Bonchev–Trinajstić information content (AvgIpc) is 3.44. The van der Waals surface area contributed by atoms with Crippen LogP contribution < -0.4 is 20.1 Å². The Morgan fingerprint density at radius 1 is 1.08 bits per heavy atom. The van der Waals surface area contributed by atoms with Gasteiger partial charge in [-0.2, -0.15) is 0 Å². The molecule has 2 aromatic carbocycles. The van der Waals surface area contributed by atoms with Crippen LogP contribution in [0.15, 0.2) is 82.5 Å². The highest BCUT2D eigenvalue weighted by atomic mass is 32.1. The highest BCUT2D eigenvalue weighted by Gasteiger charge is 2.42. The van der Waals surface area contributed by atoms with Gasteiger partial charge in [0.15, 0.2) is 5.78 Å². The molecule has 2 N–H and O–H groups in total. The second-order valence-electron chi connectivity index (χ2n) is 9.10. The summed E-state index contributed by atoms with van der Waals surface area (Å²) in [6.07, 6.45) is 1.02. The first-order chi connectivity index (χ1) is 17.9. The molecule has 1 amide bonds. The van der Waals surface area contributed by atoms with E-state index in [2.05, 4.69) is 16.7 Å². The summed E-state index contributed by atoms with van der Waals surface area (Å²) in [7, 11) is 3.13. The van der Waals surface area contributed by atoms with E-state index < -0.39 is 11.7 Å². The lowest BCUT2D eigenvalue weighted by molar-refractivity contribution is -0.116. The largest absolute Gasteiger partial charge is 0.497 e. The molecule has 0 bridgehead atoms. The number of rotatable bonds is 6. The summed E-state index contributed by atoms with van der Waals surface area (Å²) < 4.78 is 24.6. The molecule has 37 heavy (non-hydrogen) atoms. The van der Waals surface area contributed by atoms with Crippen molar-refractivity contribution in [2.75, 3.05) is 19.5 Å². The molecule has 0 unspecified atom stereocenters. The first kappa shape index (κ1) is 24.8. The fourth-order valence-electron chi connectivity index (χ4n) is 5.17. The van der Waals surface area contributed by atoms with Gasteiger partial charge in [0, 0.05) is 51.0 Å². The van der Waals surface area contributed by atoms with Crippen LogP contribution in [0.5, 0.6) is 11.5 Å². The smallest absolute Gasteiger partial charge is 0.254 e. The molecule has 6 nitrogen and oxygen atoms in total. The number of hydrogen-bond donors (Lipinski definition) is 2. The first-order valence-electron chi connectivity index (χ1n) is 12.0. The van der Waals surface area contributed by atoms with Crippen LogP contribution in [0.2, 0.25) is 0 Å². The Labute approximate surface area is 218 Å². The van der Waals surface area contributed by atoms with Crippen molar-refractivity contribution in [1.29, 1.82) is 0 Å². The number of thiophene rings is 1. The minimum Gasteiger partial charge on any atom is -0.497 e. The molecule has 5 rings (SSSR count). The third kappa shape index (κ3) is 4.76. The Balaban J connectivity index is 1.62. The van der Waals surface area contributed by atoms with E-state index in [0.717, 1.165) is 5.70 Å². The molecule has 2 aliphatic rings. The SMILES string of the molecule is COc1ccc(OC)c([C@@H]2C(C(=O)Nc3ccc(F)cc3)=C(C)NC3=C2C(=O)C[C@H](c2cccs2)C3)c1. The van der Waals surface area contributed by atoms with Crippen LogP contribution in [0, 0.1) is 5.82 Å². The summed E-state index contributed by atoms with van der Waals surface area (Å²) in [5.74, 6) is -0.241. The lowest BCUT2D eigenvalue weighted by Gasteiger charge is -2.37. The summed E-state index contributed by atoms with van der Waals surface area (Å²) in [5.41, 5.74) is 3.55. The highest BCUT2D eigenvalue weighted by molar-refractivity contribution is 7.10. The number of hydrogen-bond acceptors (Lipinski definition) is 6. The van der Waals surface area contributed by atoms with Gasteiger partial charge in [0.1, 0.15) is 17.3 Å². The van der Waals surface area contributed by atoms with Crippen LogP contribution in [0.25, 0.3) is 0 Å². The van der Waals surface area contributed by atoms with Gasteiger partial charge in [-0.15, -0.1) is 11.3 Å². The Bertz CT molecular complexity index is 1410. The molecule has 0 saturated heterocycles. The third-order valence-electron chi connectivity index (χ3n) is 6.87. The maximum absolute atomic E-state index is 13.8. The predicted octanol–water partition coefficient (Wildman–Crippen LogP) is 5.90. The van der Waals surface area contributed by atoms with Gasteiger partial charge in [0.05, 0.1) is 20.1 Å². The second kappa shape index (κ2) is 10.2. The standard InChI is InChI=1S/C29H27FN2O4S/c1-16-26(29(34)32-19-8-6-18(30)7-9-19)27(21-15-20(35-2)10-11-24(21)36-3)28-22(31-16)13-17(14-23(28)33)25-5-4-12-37-25/h4-12,15,17,27,31H,13-14H2,1-3H3,(H,32,34)/t17-,27-/m1/s1. The maximum Gasteiger partial charge on any atom is 0.254 e. The van der Waals surface area contributed by atoms with Crippen LogP contribution in [-0.4, -0.2) is 25.9 Å². The van der Waals surface area contributed by atoms with E-state index in [1.807, 2.05) is 24.4 Å². The summed E-state index contributed by atoms with van der Waals surface area (Å²) in [5, 5.41) is 8.27. The molecular weight excluding hydrogens is 491 g/mol. The van der Waals surface area contributed by atoms with E-state index in [4.69, 9.17) is 9.47 Å². The number of halogens is 1. The molecule has 1 aromatic heterocycles. The van der Waals surface area contributed by atoms with Crippen molar-refractivity contribution in [1.82, 2.24) is 5.32 Å². The summed E-state index contributed by atoms with van der Waals surface area (Å²) in [6, 6.07) is 15.0. The molecule has 0 radical (unpaired) electrons. The topological polar surface area (TPSA) is 76.7 Å². The Morgan fingerprint density at radius 2 is 1.86 bits per heavy atom. The molecule has 2 heterocycles. The van der Waals surface area contributed by atoms with Gasteiger partial charge in [0.2, 0.25) is 0 Å². The van der Waals surface area contributed by atoms with E-state index in [0.29, 0.717) is 52.4 Å². The zero-order valence-electron chi connectivity index (χ0n) is 20.8. The van der Waals surface area contributed by atoms with Crippen molar-refractivity contribution in [2.24, 2.45) is 0 Å². The maximum atomic E-state index is 13.8. The van der Waals surface area contributed by atoms with Crippen LogP contribution >= 0.6 is 11.3 Å². The molecule has 8 heteroatoms. The van der Waals surface area contributed by atoms with E-state index in [-0.39, 0.29) is 17.6 Å². The van der Waals surface area contributed by atoms with Crippen molar-refractivity contribution in [3.8, 4) is 11.5 Å². The lowest BCUT2D eigenvalue weighted by Crippen LogP contribution is -2.37. The van der Waals surface area contributed by atoms with Crippen LogP contribution in [0.4, 0.5) is 10.1 Å². The zero-order valence-corrected chi connectivity index (χ0v) is 21.6. The number of ether oxygens (including phenoxy) is 2. The van der Waals surface area contributed by atoms with E-state index in [1.165, 1.54) is 29.1 Å². The van der Waals surface area contributed by atoms with E-state index >= 15 is 0 Å². The van der Waals surface area contributed by atoms with Gasteiger partial charge in [-0.3, -0.25) is 9.59 Å². The average molecular weight is 519 g/mol. The molecule has 2 atom stereocenters. The van der Waals surface area contributed by atoms with Crippen molar-refractivity contribution in [2.45, 2.75) is 31.6 Å². The molecule has 0 fully saturated rings. The molecule has 190 valence electrons. The molecule has 1 aliphatic heterocycles. The number of carbonyl (C=O) groups is 2. The predicted molar refractivity (Wildman–Crippen MR) is 141 cm³/mol. The van der Waals surface area contributed by atoms with Crippen LogP contribution in [0.1, 0.15) is 42.0 Å². The summed E-state index contributed by atoms with van der Waals surface area (Å²) >= 11 is 1.65. The van der Waals surface area contributed by atoms with Gasteiger partial charge >= 0.3 is 0 Å². The minimum absolute atomic E-state index is 0.0124. The number of allylic oxidation sites excluding steroid dienone is 3. The Kier molecular flexibility index (Phi) is 6.84. The second-order valence-corrected chi connectivity index (χ2v) is 10.1. The zero-order chi connectivity index (χ0) is 26.1. The number of Topliss-reactive ketones (excluding diaryl/α,β-unsaturated/α-hetero) is 1. The van der Waals surface area contributed by atoms with Gasteiger partial charge < -0.3 is 20.1 Å². The van der Waals surface area contributed by atoms with Gasteiger partial charge in [-0.1, -0.05) is 6.07 Å². The number of nitrogens with one attached hydrogen (secondary N) is 2. The third-order valence-corrected chi connectivity index (χ3v) is 7.90. The number of carbonyl (C=O) groups excluding carboxylic acids is 2. The highest BCUT2D eigenvalue weighted by Crippen LogP contribution is 2.48. The molecule has 0 spiro atoms.